The van der Waals surface area contributed by atoms with Gasteiger partial charge in [0.1, 0.15) is 0 Å². The third kappa shape index (κ3) is 2.05. The van der Waals surface area contributed by atoms with Crippen molar-refractivity contribution < 1.29 is 0 Å². The van der Waals surface area contributed by atoms with Crippen LogP contribution in [-0.2, 0) is 0 Å². The molecule has 2 N–H and O–H groups in total. The molecule has 3 aromatic rings. The Balaban J connectivity index is 1.83. The van der Waals surface area contributed by atoms with Gasteiger partial charge in [0.25, 0.3) is 0 Å². The molecule has 0 amide bonds. The number of H-pyrrole nitrogens is 1. The molecule has 90 valence electrons. The van der Waals surface area contributed by atoms with Gasteiger partial charge in [-0.15, -0.1) is 0 Å². The van der Waals surface area contributed by atoms with Crippen LogP contribution in [0.2, 0.25) is 0 Å². The fraction of sp³-hybridized carbons (Fsp3) is 0.143. The fourth-order valence-electron chi connectivity index (χ4n) is 2.00. The van der Waals surface area contributed by atoms with E-state index < -0.39 is 0 Å². The Morgan fingerprint density at radius 2 is 2.17 bits per heavy atom. The summed E-state index contributed by atoms with van der Waals surface area (Å²) in [5.41, 5.74) is 3.31. The van der Waals surface area contributed by atoms with E-state index in [9.17, 15) is 0 Å². The SMILES string of the molecule is CC(Nc1ccc2[nH]ncc2c1)c1cccnc1. The Kier molecular flexibility index (Phi) is 2.68. The van der Waals surface area contributed by atoms with E-state index in [0.717, 1.165) is 16.6 Å². The number of pyridine rings is 1. The maximum Gasteiger partial charge on any atom is 0.0651 e. The van der Waals surface area contributed by atoms with Crippen LogP contribution in [-0.4, -0.2) is 15.2 Å². The van der Waals surface area contributed by atoms with Gasteiger partial charge in [0.2, 0.25) is 0 Å². The lowest BCUT2D eigenvalue weighted by Gasteiger charge is -2.15. The maximum atomic E-state index is 4.13. The van der Waals surface area contributed by atoms with Gasteiger partial charge in [0.05, 0.1) is 17.8 Å². The number of nitrogens with zero attached hydrogens (tertiary/aromatic N) is 2. The Morgan fingerprint density at radius 3 is 3.00 bits per heavy atom. The van der Waals surface area contributed by atoms with Gasteiger partial charge in [0.15, 0.2) is 0 Å². The predicted molar refractivity (Wildman–Crippen MR) is 72.4 cm³/mol. The summed E-state index contributed by atoms with van der Waals surface area (Å²) in [4.78, 5) is 4.13. The second kappa shape index (κ2) is 4.49. The van der Waals surface area contributed by atoms with Crippen LogP contribution in [0.15, 0.2) is 48.9 Å². The number of aromatic amines is 1. The molecule has 1 unspecified atom stereocenters. The minimum atomic E-state index is 0.225. The Bertz CT molecular complexity index is 645. The van der Waals surface area contributed by atoms with Crippen LogP contribution < -0.4 is 5.32 Å². The number of benzene rings is 1. The lowest BCUT2D eigenvalue weighted by atomic mass is 10.1. The molecule has 0 spiro atoms. The van der Waals surface area contributed by atoms with Crippen molar-refractivity contribution in [1.82, 2.24) is 15.2 Å². The van der Waals surface area contributed by atoms with E-state index in [1.807, 2.05) is 30.6 Å². The first-order valence-electron chi connectivity index (χ1n) is 5.92. The normalized spacial score (nSPS) is 12.5. The summed E-state index contributed by atoms with van der Waals surface area (Å²) in [6, 6.07) is 10.4. The average Bonchev–Trinajstić information content (AvgIpc) is 2.87. The Morgan fingerprint density at radius 1 is 1.22 bits per heavy atom. The molecule has 3 rings (SSSR count). The van der Waals surface area contributed by atoms with Crippen LogP contribution in [0.1, 0.15) is 18.5 Å². The van der Waals surface area contributed by atoms with Gasteiger partial charge >= 0.3 is 0 Å². The summed E-state index contributed by atoms with van der Waals surface area (Å²) < 4.78 is 0. The molecule has 0 bridgehead atoms. The third-order valence-electron chi connectivity index (χ3n) is 3.01. The molecule has 0 aliphatic heterocycles. The first kappa shape index (κ1) is 10.8. The molecule has 0 aliphatic rings. The summed E-state index contributed by atoms with van der Waals surface area (Å²) in [6.45, 7) is 2.12. The summed E-state index contributed by atoms with van der Waals surface area (Å²) in [7, 11) is 0. The Labute approximate surface area is 105 Å². The van der Waals surface area contributed by atoms with Gasteiger partial charge in [-0.25, -0.2) is 0 Å². The zero-order valence-corrected chi connectivity index (χ0v) is 10.1. The lowest BCUT2D eigenvalue weighted by molar-refractivity contribution is 0.876. The van der Waals surface area contributed by atoms with Crippen molar-refractivity contribution in [3.63, 3.8) is 0 Å². The average molecular weight is 238 g/mol. The van der Waals surface area contributed by atoms with Crippen LogP contribution in [0, 0.1) is 0 Å². The van der Waals surface area contributed by atoms with Crippen LogP contribution in [0.4, 0.5) is 5.69 Å². The van der Waals surface area contributed by atoms with Crippen LogP contribution in [0.5, 0.6) is 0 Å². The molecule has 4 nitrogen and oxygen atoms in total. The van der Waals surface area contributed by atoms with Crippen molar-refractivity contribution in [3.8, 4) is 0 Å². The highest BCUT2D eigenvalue weighted by atomic mass is 15.1. The second-order valence-electron chi connectivity index (χ2n) is 4.32. The van der Waals surface area contributed by atoms with Crippen LogP contribution >= 0.6 is 0 Å². The third-order valence-corrected chi connectivity index (χ3v) is 3.01. The Hall–Kier alpha value is -2.36. The number of aromatic nitrogens is 3. The predicted octanol–water partition coefficient (Wildman–Crippen LogP) is 3.13. The molecule has 0 saturated carbocycles. The summed E-state index contributed by atoms with van der Waals surface area (Å²) in [5.74, 6) is 0. The zero-order chi connectivity index (χ0) is 12.4. The molecule has 0 radical (unpaired) electrons. The number of hydrogen-bond donors (Lipinski definition) is 2. The van der Waals surface area contributed by atoms with E-state index in [1.165, 1.54) is 5.56 Å². The highest BCUT2D eigenvalue weighted by Crippen LogP contribution is 2.21. The van der Waals surface area contributed by atoms with Gasteiger partial charge in [-0.2, -0.15) is 5.10 Å². The highest BCUT2D eigenvalue weighted by Gasteiger charge is 2.05. The van der Waals surface area contributed by atoms with Crippen molar-refractivity contribution in [1.29, 1.82) is 0 Å². The molecule has 2 heterocycles. The second-order valence-corrected chi connectivity index (χ2v) is 4.32. The molecule has 1 aromatic carbocycles. The number of anilines is 1. The molecule has 0 saturated heterocycles. The first-order chi connectivity index (χ1) is 8.83. The van der Waals surface area contributed by atoms with Gasteiger partial charge in [0, 0.05) is 23.5 Å². The largest absolute Gasteiger partial charge is 0.378 e. The van der Waals surface area contributed by atoms with Crippen LogP contribution in [0.25, 0.3) is 10.9 Å². The molecule has 2 aromatic heterocycles. The van der Waals surface area contributed by atoms with Crippen molar-refractivity contribution in [2.75, 3.05) is 5.32 Å². The maximum absolute atomic E-state index is 4.13. The topological polar surface area (TPSA) is 53.6 Å². The van der Waals surface area contributed by atoms with E-state index in [-0.39, 0.29) is 6.04 Å². The smallest absolute Gasteiger partial charge is 0.0651 e. The van der Waals surface area contributed by atoms with Crippen molar-refractivity contribution in [2.24, 2.45) is 0 Å². The minimum absolute atomic E-state index is 0.225. The van der Waals surface area contributed by atoms with E-state index in [4.69, 9.17) is 0 Å². The highest BCUT2D eigenvalue weighted by molar-refractivity contribution is 5.81. The van der Waals surface area contributed by atoms with Gasteiger partial charge in [-0.3, -0.25) is 10.1 Å². The molecule has 4 heteroatoms. The lowest BCUT2D eigenvalue weighted by Crippen LogP contribution is -2.06. The summed E-state index contributed by atoms with van der Waals surface area (Å²) in [5, 5.41) is 11.5. The van der Waals surface area contributed by atoms with Crippen LogP contribution in [0.3, 0.4) is 0 Å². The number of nitrogens with one attached hydrogen (secondary N) is 2. The first-order valence-corrected chi connectivity index (χ1v) is 5.92. The van der Waals surface area contributed by atoms with Gasteiger partial charge < -0.3 is 5.32 Å². The fourth-order valence-corrected chi connectivity index (χ4v) is 2.00. The number of fused-ring (bicyclic) bond motifs is 1. The molecule has 0 fully saturated rings. The minimum Gasteiger partial charge on any atom is -0.378 e. The molecular weight excluding hydrogens is 224 g/mol. The van der Waals surface area contributed by atoms with E-state index in [1.54, 1.807) is 6.20 Å². The van der Waals surface area contributed by atoms with Crippen molar-refractivity contribution in [2.45, 2.75) is 13.0 Å². The molecule has 1 atom stereocenters. The van der Waals surface area contributed by atoms with Gasteiger partial charge in [-0.05, 0) is 36.8 Å². The van der Waals surface area contributed by atoms with E-state index >= 15 is 0 Å². The van der Waals surface area contributed by atoms with Gasteiger partial charge in [-0.1, -0.05) is 6.07 Å². The van der Waals surface area contributed by atoms with Crippen molar-refractivity contribution in [3.05, 3.63) is 54.5 Å². The number of rotatable bonds is 3. The monoisotopic (exact) mass is 238 g/mol. The quantitative estimate of drug-likeness (QED) is 0.737. The molecule has 18 heavy (non-hydrogen) atoms. The molecular formula is C14H14N4. The van der Waals surface area contributed by atoms with E-state index in [2.05, 4.69) is 39.6 Å². The summed E-state index contributed by atoms with van der Waals surface area (Å²) in [6.07, 6.45) is 5.50. The summed E-state index contributed by atoms with van der Waals surface area (Å²) >= 11 is 0. The number of hydrogen-bond acceptors (Lipinski definition) is 3. The standard InChI is InChI=1S/C14H14N4/c1-10(11-3-2-6-15-8-11)17-13-4-5-14-12(7-13)9-16-18-14/h2-10,17H,1H3,(H,16,18). The molecule has 0 aliphatic carbocycles. The van der Waals surface area contributed by atoms with E-state index in [0.29, 0.717) is 0 Å². The van der Waals surface area contributed by atoms with Crippen molar-refractivity contribution >= 4 is 16.6 Å². The zero-order valence-electron chi connectivity index (χ0n) is 10.1.